The van der Waals surface area contributed by atoms with E-state index in [4.69, 9.17) is 15.1 Å². The summed E-state index contributed by atoms with van der Waals surface area (Å²) < 4.78 is 17.1. The fraction of sp³-hybridized carbons (Fsp3) is 0.812. The van der Waals surface area contributed by atoms with Gasteiger partial charge in [-0.05, 0) is 6.92 Å². The van der Waals surface area contributed by atoms with Crippen molar-refractivity contribution < 1.29 is 38.9 Å². The second kappa shape index (κ2) is 18.9. The van der Waals surface area contributed by atoms with Gasteiger partial charge in [0.2, 0.25) is 0 Å². The van der Waals surface area contributed by atoms with Crippen LogP contribution in [0.15, 0.2) is 12.2 Å². The molecule has 0 saturated carbocycles. The van der Waals surface area contributed by atoms with E-state index in [-0.39, 0.29) is 5.57 Å². The Kier molecular flexibility index (Phi) is 20.6. The van der Waals surface area contributed by atoms with Gasteiger partial charge in [-0.3, -0.25) is 0 Å². The molecule has 5 nitrogen and oxygen atoms in total. The molecule has 0 aliphatic carbocycles. The number of hydrogen-bond donors (Lipinski definition) is 1. The van der Waals surface area contributed by atoms with Crippen LogP contribution in [0.25, 0.3) is 0 Å². The van der Waals surface area contributed by atoms with Crippen LogP contribution in [0.1, 0.15) is 66.2 Å². The summed E-state index contributed by atoms with van der Waals surface area (Å²) in [5.74, 6) is -0.935. The van der Waals surface area contributed by atoms with Crippen molar-refractivity contribution in [1.29, 1.82) is 0 Å². The molecule has 0 aromatic carbocycles. The molecule has 1 N–H and O–H groups in total. The zero-order chi connectivity index (χ0) is 17.2. The summed E-state index contributed by atoms with van der Waals surface area (Å²) in [5.41, 5.74) is 0.176. The van der Waals surface area contributed by atoms with Gasteiger partial charge in [0.25, 0.3) is 0 Å². The predicted octanol–water partition coefficient (Wildman–Crippen LogP) is 4.45. The van der Waals surface area contributed by atoms with Gasteiger partial charge in [-0.1, -0.05) is 6.58 Å². The Balaban J connectivity index is 0. The van der Waals surface area contributed by atoms with Crippen LogP contribution in [0, 0.1) is 0 Å². The monoisotopic (exact) mass is 353 g/mol. The van der Waals surface area contributed by atoms with Crippen molar-refractivity contribution in [2.75, 3.05) is 19.8 Å². The third kappa shape index (κ3) is 19.8. The molecule has 0 bridgehead atoms. The summed E-state index contributed by atoms with van der Waals surface area (Å²) in [6.45, 7) is 13.5. The minimum absolute atomic E-state index is 0.176. The number of hydrogen-bond acceptors (Lipinski definition) is 4. The summed E-state index contributed by atoms with van der Waals surface area (Å²) in [7, 11) is 0. The Morgan fingerprint density at radius 1 is 0.909 bits per heavy atom. The predicted molar refractivity (Wildman–Crippen MR) is 85.0 cm³/mol. The van der Waals surface area contributed by atoms with Gasteiger partial charge >= 0.3 is 114 Å². The zero-order valence-electron chi connectivity index (χ0n) is 14.7. The molecule has 0 aliphatic heterocycles. The van der Waals surface area contributed by atoms with Crippen LogP contribution in [0.5, 0.6) is 0 Å². The second-order valence-corrected chi connectivity index (χ2v) is 7.07. The van der Waals surface area contributed by atoms with Crippen LogP contribution < -0.4 is 0 Å². The second-order valence-electron chi connectivity index (χ2n) is 4.94. The number of carbonyl (C=O) groups is 1. The van der Waals surface area contributed by atoms with E-state index in [1.54, 1.807) is 0 Å². The van der Waals surface area contributed by atoms with Crippen LogP contribution in [0.2, 0.25) is 0 Å². The maximum absolute atomic E-state index is 9.60. The van der Waals surface area contributed by atoms with Crippen LogP contribution in [-0.4, -0.2) is 30.9 Å². The van der Waals surface area contributed by atoms with E-state index in [1.807, 2.05) is 0 Å². The van der Waals surface area contributed by atoms with Crippen LogP contribution in [-0.2, 0) is 33.8 Å². The van der Waals surface area contributed by atoms with Gasteiger partial charge in [-0.15, -0.1) is 0 Å². The molecule has 6 heteroatoms. The first-order valence-electron chi connectivity index (χ1n) is 8.13. The summed E-state index contributed by atoms with van der Waals surface area (Å²) in [4.78, 5) is 9.60. The molecule has 0 fully saturated rings. The van der Waals surface area contributed by atoms with Crippen LogP contribution in [0.3, 0.4) is 0 Å². The quantitative estimate of drug-likeness (QED) is 0.301. The molecule has 0 radical (unpaired) electrons. The van der Waals surface area contributed by atoms with Crippen molar-refractivity contribution in [3.63, 3.8) is 0 Å². The summed E-state index contributed by atoms with van der Waals surface area (Å²) in [6.07, 6.45) is 6.79. The normalized spacial score (nSPS) is 9.82. The molecule has 0 saturated heterocycles. The average molecular weight is 353 g/mol. The summed E-state index contributed by atoms with van der Waals surface area (Å²) in [6, 6.07) is 0. The van der Waals surface area contributed by atoms with Crippen molar-refractivity contribution in [3.05, 3.63) is 12.2 Å². The molecular weight excluding hydrogens is 320 g/mol. The van der Waals surface area contributed by atoms with E-state index >= 15 is 0 Å². The molecule has 0 heterocycles. The molecule has 0 spiro atoms. The SMILES string of the molecule is C=C(C)C(=O)O.CCCC[O][Ti]([O]CCCC)[O]CCCC. The molecule has 0 aromatic rings. The van der Waals surface area contributed by atoms with Gasteiger partial charge in [0.05, 0.1) is 0 Å². The molecule has 0 rings (SSSR count). The van der Waals surface area contributed by atoms with Gasteiger partial charge in [0, 0.05) is 5.57 Å². The summed E-state index contributed by atoms with van der Waals surface area (Å²) in [5, 5.41) is 7.89. The van der Waals surface area contributed by atoms with Gasteiger partial charge in [0.1, 0.15) is 0 Å². The maximum atomic E-state index is 9.60. The first-order chi connectivity index (χ1) is 10.5. The summed E-state index contributed by atoms with van der Waals surface area (Å²) >= 11 is -2.10. The Hall–Kier alpha value is -0.196. The molecule has 0 amide bonds. The van der Waals surface area contributed by atoms with E-state index in [0.717, 1.165) is 58.3 Å². The first kappa shape index (κ1) is 24.1. The molecule has 0 unspecified atom stereocenters. The van der Waals surface area contributed by atoms with Gasteiger partial charge < -0.3 is 5.11 Å². The zero-order valence-corrected chi connectivity index (χ0v) is 16.2. The number of carboxylic acids is 1. The number of unbranched alkanes of at least 4 members (excludes halogenated alkanes) is 3. The molecule has 0 aliphatic rings. The van der Waals surface area contributed by atoms with Crippen molar-refractivity contribution in [3.8, 4) is 0 Å². The van der Waals surface area contributed by atoms with E-state index in [9.17, 15) is 4.79 Å². The van der Waals surface area contributed by atoms with Gasteiger partial charge in [-0.2, -0.15) is 0 Å². The Bertz CT molecular complexity index is 235. The van der Waals surface area contributed by atoms with E-state index in [0.29, 0.717) is 0 Å². The topological polar surface area (TPSA) is 65.0 Å². The van der Waals surface area contributed by atoms with Crippen molar-refractivity contribution >= 4 is 5.97 Å². The Morgan fingerprint density at radius 2 is 1.18 bits per heavy atom. The van der Waals surface area contributed by atoms with Crippen LogP contribution in [0.4, 0.5) is 0 Å². The van der Waals surface area contributed by atoms with Gasteiger partial charge in [-0.25, -0.2) is 4.79 Å². The minimum atomic E-state index is -2.10. The van der Waals surface area contributed by atoms with Crippen molar-refractivity contribution in [2.24, 2.45) is 0 Å². The van der Waals surface area contributed by atoms with E-state index < -0.39 is 25.0 Å². The average Bonchev–Trinajstić information content (AvgIpc) is 2.48. The Morgan fingerprint density at radius 3 is 1.36 bits per heavy atom. The first-order valence-corrected chi connectivity index (χ1v) is 10.0. The number of aliphatic carboxylic acids is 1. The third-order valence-corrected chi connectivity index (χ3v) is 4.58. The van der Waals surface area contributed by atoms with E-state index in [1.165, 1.54) is 6.92 Å². The fourth-order valence-electron chi connectivity index (χ4n) is 1.02. The molecule has 22 heavy (non-hydrogen) atoms. The van der Waals surface area contributed by atoms with E-state index in [2.05, 4.69) is 27.4 Å². The molecular formula is C16H33O5Ti. The van der Waals surface area contributed by atoms with Crippen LogP contribution >= 0.6 is 0 Å². The third-order valence-electron chi connectivity index (χ3n) is 2.52. The number of rotatable bonds is 13. The fourth-order valence-corrected chi connectivity index (χ4v) is 2.87. The standard InChI is InChI=1S/C4H6O2.3C4H9O.Ti/c1-3(2)4(5)6;3*1-2-3-4-5;/h1H2,2H3,(H,5,6);3*2-4H2,1H3;/q;3*-1;+3. The number of carboxylic acid groups (broad SMARTS) is 1. The van der Waals surface area contributed by atoms with Gasteiger partial charge in [0.15, 0.2) is 0 Å². The Labute approximate surface area is 143 Å². The van der Waals surface area contributed by atoms with Crippen molar-refractivity contribution in [1.82, 2.24) is 0 Å². The molecule has 0 atom stereocenters. The molecule has 131 valence electrons. The molecule has 0 aromatic heterocycles. The van der Waals surface area contributed by atoms with Crippen molar-refractivity contribution in [2.45, 2.75) is 66.2 Å².